The van der Waals surface area contributed by atoms with Crippen LogP contribution in [-0.2, 0) is 12.7 Å². The molecule has 188 valence electrons. The minimum atomic E-state index is -4.49. The summed E-state index contributed by atoms with van der Waals surface area (Å²) >= 11 is 0. The van der Waals surface area contributed by atoms with Crippen molar-refractivity contribution >= 4 is 11.2 Å². The fourth-order valence-corrected chi connectivity index (χ4v) is 4.32. The summed E-state index contributed by atoms with van der Waals surface area (Å²) in [5.74, 6) is 1.25. The van der Waals surface area contributed by atoms with Crippen molar-refractivity contribution in [3.63, 3.8) is 0 Å². The summed E-state index contributed by atoms with van der Waals surface area (Å²) in [5, 5.41) is 3.71. The van der Waals surface area contributed by atoms with Gasteiger partial charge in [-0.2, -0.15) is 18.3 Å². The standard InChI is InChI=1S/C25H21F3N8O/c1-14-9-19(25(26,27)28)34-36(14)17-7-3-15(4-8-17)11-35-13-32-18-10-29-22(33-23(18)35)20-21(16-5-6-16)30-12-31-24(20)37-2/h3-4,7-10,12-13,16H,5-6,11H2,1-2H3. The van der Waals surface area contributed by atoms with E-state index >= 15 is 0 Å². The molecular formula is C25H21F3N8O. The zero-order valence-electron chi connectivity index (χ0n) is 19.9. The second-order valence-corrected chi connectivity index (χ2v) is 8.94. The Morgan fingerprint density at radius 3 is 2.51 bits per heavy atom. The average Bonchev–Trinajstić information content (AvgIpc) is 3.55. The van der Waals surface area contributed by atoms with Crippen LogP contribution in [0, 0.1) is 6.92 Å². The topological polar surface area (TPSA) is 96.4 Å². The molecule has 0 amide bonds. The van der Waals surface area contributed by atoms with E-state index in [9.17, 15) is 13.2 Å². The van der Waals surface area contributed by atoms with Crippen molar-refractivity contribution in [2.75, 3.05) is 7.11 Å². The Hall–Kier alpha value is -4.35. The van der Waals surface area contributed by atoms with E-state index < -0.39 is 11.9 Å². The molecular weight excluding hydrogens is 485 g/mol. The van der Waals surface area contributed by atoms with Crippen molar-refractivity contribution < 1.29 is 17.9 Å². The molecule has 0 spiro atoms. The monoisotopic (exact) mass is 506 g/mol. The normalized spacial score (nSPS) is 13.9. The first-order valence-electron chi connectivity index (χ1n) is 11.6. The minimum Gasteiger partial charge on any atom is -0.480 e. The van der Waals surface area contributed by atoms with Gasteiger partial charge >= 0.3 is 6.18 Å². The van der Waals surface area contributed by atoms with E-state index in [0.717, 1.165) is 30.2 Å². The summed E-state index contributed by atoms with van der Waals surface area (Å²) < 4.78 is 47.8. The molecule has 1 fully saturated rings. The van der Waals surface area contributed by atoms with Crippen LogP contribution in [-0.4, -0.2) is 46.4 Å². The molecule has 9 nitrogen and oxygen atoms in total. The third-order valence-corrected chi connectivity index (χ3v) is 6.29. The van der Waals surface area contributed by atoms with Crippen LogP contribution in [0.25, 0.3) is 28.2 Å². The summed E-state index contributed by atoms with van der Waals surface area (Å²) in [7, 11) is 1.56. The summed E-state index contributed by atoms with van der Waals surface area (Å²) in [6, 6.07) is 8.20. The fourth-order valence-electron chi connectivity index (χ4n) is 4.32. The van der Waals surface area contributed by atoms with Gasteiger partial charge in [0.15, 0.2) is 17.2 Å². The lowest BCUT2D eigenvalue weighted by molar-refractivity contribution is -0.141. The van der Waals surface area contributed by atoms with Gasteiger partial charge in [0.2, 0.25) is 5.88 Å². The van der Waals surface area contributed by atoms with Gasteiger partial charge in [-0.3, -0.25) is 0 Å². The Balaban J connectivity index is 1.31. The second kappa shape index (κ2) is 8.64. The molecule has 0 atom stereocenters. The van der Waals surface area contributed by atoms with Gasteiger partial charge in [-0.1, -0.05) is 12.1 Å². The van der Waals surface area contributed by atoms with Crippen molar-refractivity contribution in [2.24, 2.45) is 0 Å². The number of imidazole rings is 1. The van der Waals surface area contributed by atoms with Gasteiger partial charge in [-0.15, -0.1) is 0 Å². The van der Waals surface area contributed by atoms with E-state index in [2.05, 4.69) is 25.0 Å². The third kappa shape index (κ3) is 4.28. The Morgan fingerprint density at radius 2 is 1.84 bits per heavy atom. The Labute approximate surface area is 209 Å². The molecule has 1 aliphatic rings. The number of fused-ring (bicyclic) bond motifs is 1. The highest BCUT2D eigenvalue weighted by Crippen LogP contribution is 2.44. The van der Waals surface area contributed by atoms with Crippen LogP contribution in [0.1, 0.15) is 41.4 Å². The van der Waals surface area contributed by atoms with Gasteiger partial charge < -0.3 is 9.30 Å². The second-order valence-electron chi connectivity index (χ2n) is 8.94. The van der Waals surface area contributed by atoms with Crippen LogP contribution in [0.3, 0.4) is 0 Å². The molecule has 4 aromatic heterocycles. The SMILES string of the molecule is COc1ncnc(C2CC2)c1-c1ncc2ncn(Cc3ccc(-n4nc(C(F)(F)F)cc4C)cc3)c2n1. The lowest BCUT2D eigenvalue weighted by atomic mass is 10.1. The summed E-state index contributed by atoms with van der Waals surface area (Å²) in [5.41, 5.74) is 3.80. The maximum Gasteiger partial charge on any atom is 0.435 e. The number of hydrogen-bond donors (Lipinski definition) is 0. The van der Waals surface area contributed by atoms with Gasteiger partial charge in [0.25, 0.3) is 0 Å². The third-order valence-electron chi connectivity index (χ3n) is 6.29. The Bertz CT molecular complexity index is 1600. The maximum absolute atomic E-state index is 13.0. The number of hydrogen-bond acceptors (Lipinski definition) is 7. The van der Waals surface area contributed by atoms with Crippen LogP contribution in [0.5, 0.6) is 5.88 Å². The molecule has 0 bridgehead atoms. The molecule has 1 saturated carbocycles. The van der Waals surface area contributed by atoms with Crippen LogP contribution < -0.4 is 4.74 Å². The predicted octanol–water partition coefficient (Wildman–Crippen LogP) is 4.73. The average molecular weight is 506 g/mol. The first-order chi connectivity index (χ1) is 17.8. The number of benzene rings is 1. The largest absolute Gasteiger partial charge is 0.480 e. The van der Waals surface area contributed by atoms with Crippen molar-refractivity contribution in [3.8, 4) is 23.0 Å². The van der Waals surface area contributed by atoms with E-state index in [0.29, 0.717) is 52.3 Å². The Morgan fingerprint density at radius 1 is 1.05 bits per heavy atom. The molecule has 0 radical (unpaired) electrons. The summed E-state index contributed by atoms with van der Waals surface area (Å²) in [4.78, 5) is 22.5. The molecule has 4 heterocycles. The number of aryl methyl sites for hydroxylation is 1. The Kier molecular flexibility index (Phi) is 5.39. The van der Waals surface area contributed by atoms with Crippen LogP contribution in [0.15, 0.2) is 49.2 Å². The lowest BCUT2D eigenvalue weighted by Crippen LogP contribution is -2.07. The number of halogens is 3. The summed E-state index contributed by atoms with van der Waals surface area (Å²) in [6.07, 6.45) is 2.47. The molecule has 12 heteroatoms. The molecule has 0 unspecified atom stereocenters. The molecule has 0 N–H and O–H groups in total. The molecule has 0 saturated heterocycles. The zero-order chi connectivity index (χ0) is 25.7. The highest BCUT2D eigenvalue weighted by atomic mass is 19.4. The van der Waals surface area contributed by atoms with Crippen LogP contribution >= 0.6 is 0 Å². The van der Waals surface area contributed by atoms with Gasteiger partial charge in [-0.05, 0) is 43.5 Å². The van der Waals surface area contributed by atoms with E-state index in [1.165, 1.54) is 11.0 Å². The first-order valence-corrected chi connectivity index (χ1v) is 11.6. The van der Waals surface area contributed by atoms with E-state index in [1.807, 2.05) is 16.7 Å². The van der Waals surface area contributed by atoms with Crippen LogP contribution in [0.2, 0.25) is 0 Å². The number of aromatic nitrogens is 8. The van der Waals surface area contributed by atoms with Gasteiger partial charge in [-0.25, -0.2) is 29.6 Å². The van der Waals surface area contributed by atoms with Crippen LogP contribution in [0.4, 0.5) is 13.2 Å². The molecule has 0 aliphatic heterocycles. The van der Waals surface area contributed by atoms with E-state index in [-0.39, 0.29) is 0 Å². The molecule has 5 aromatic rings. The molecule has 6 rings (SSSR count). The quantitative estimate of drug-likeness (QED) is 0.329. The zero-order valence-corrected chi connectivity index (χ0v) is 19.9. The van der Waals surface area contributed by atoms with Crippen molar-refractivity contribution in [1.29, 1.82) is 0 Å². The highest BCUT2D eigenvalue weighted by Gasteiger charge is 2.34. The lowest BCUT2D eigenvalue weighted by Gasteiger charge is -2.11. The number of nitrogens with zero attached hydrogens (tertiary/aromatic N) is 8. The van der Waals surface area contributed by atoms with Gasteiger partial charge in [0.1, 0.15) is 17.4 Å². The highest BCUT2D eigenvalue weighted by molar-refractivity contribution is 5.75. The smallest absolute Gasteiger partial charge is 0.435 e. The van der Waals surface area contributed by atoms with Crippen molar-refractivity contribution in [1.82, 2.24) is 39.3 Å². The number of ether oxygens (including phenoxy) is 1. The van der Waals surface area contributed by atoms with Gasteiger partial charge in [0, 0.05) is 11.6 Å². The number of methoxy groups -OCH3 is 1. The number of alkyl halides is 3. The van der Waals surface area contributed by atoms with Gasteiger partial charge in [0.05, 0.1) is 37.6 Å². The first kappa shape index (κ1) is 23.1. The van der Waals surface area contributed by atoms with Crippen molar-refractivity contribution in [3.05, 3.63) is 71.8 Å². The molecule has 1 aliphatic carbocycles. The fraction of sp³-hybridized carbons (Fsp3) is 0.280. The van der Waals surface area contributed by atoms with E-state index in [4.69, 9.17) is 9.72 Å². The minimum absolute atomic E-state index is 0.347. The van der Waals surface area contributed by atoms with E-state index in [1.54, 1.807) is 38.7 Å². The maximum atomic E-state index is 13.0. The summed E-state index contributed by atoms with van der Waals surface area (Å²) in [6.45, 7) is 2.05. The van der Waals surface area contributed by atoms with Crippen molar-refractivity contribution in [2.45, 2.75) is 38.4 Å². The predicted molar refractivity (Wildman–Crippen MR) is 127 cm³/mol. The molecule has 1 aromatic carbocycles. The number of rotatable bonds is 6. The molecule has 37 heavy (non-hydrogen) atoms.